The molecule has 1 saturated heterocycles. The van der Waals surface area contributed by atoms with Crippen LogP contribution in [0.2, 0.25) is 0 Å². The van der Waals surface area contributed by atoms with Gasteiger partial charge in [0, 0.05) is 29.7 Å². The van der Waals surface area contributed by atoms with Crippen LogP contribution in [0.5, 0.6) is 0 Å². The number of urea groups is 1. The second-order valence-electron chi connectivity index (χ2n) is 7.63. The molecule has 9 heteroatoms. The van der Waals surface area contributed by atoms with Gasteiger partial charge in [-0.3, -0.25) is 15.2 Å². The first-order valence-corrected chi connectivity index (χ1v) is 10.7. The predicted molar refractivity (Wildman–Crippen MR) is 116 cm³/mol. The van der Waals surface area contributed by atoms with E-state index in [1.54, 1.807) is 11.1 Å². The largest absolute Gasteiger partial charge is 0.366 e. The topological polar surface area (TPSA) is 74.2 Å². The standard InChI is InChI=1S/C21H21FN6OS/c1-12-13(2)30-20(24-12)26-21(29)28-16-4-3-7-27(11-16)18-6-5-17(25-19(18)28)14-8-15(22)10-23-9-14/h5-6,8-10,16H,3-4,7,11H2,1-2H3,(H,24,26,29)/t16-/m0/s1. The minimum atomic E-state index is -0.420. The molecule has 7 nitrogen and oxygen atoms in total. The minimum Gasteiger partial charge on any atom is -0.366 e. The van der Waals surface area contributed by atoms with Crippen molar-refractivity contribution in [1.82, 2.24) is 15.0 Å². The zero-order chi connectivity index (χ0) is 20.8. The lowest BCUT2D eigenvalue weighted by Gasteiger charge is -2.45. The van der Waals surface area contributed by atoms with Crippen molar-refractivity contribution in [2.24, 2.45) is 0 Å². The molecule has 5 heterocycles. The summed E-state index contributed by atoms with van der Waals surface area (Å²) in [5, 5.41) is 3.53. The number of nitrogens with zero attached hydrogens (tertiary/aromatic N) is 5. The number of anilines is 3. The van der Waals surface area contributed by atoms with E-state index in [-0.39, 0.29) is 12.1 Å². The first-order chi connectivity index (χ1) is 14.5. The first kappa shape index (κ1) is 18.9. The van der Waals surface area contributed by atoms with Crippen LogP contribution >= 0.6 is 11.3 Å². The zero-order valence-electron chi connectivity index (χ0n) is 16.7. The summed E-state index contributed by atoms with van der Waals surface area (Å²) in [5.74, 6) is 0.173. The Hall–Kier alpha value is -3.07. The second-order valence-corrected chi connectivity index (χ2v) is 8.84. The number of thiazole rings is 1. The Balaban J connectivity index is 1.55. The van der Waals surface area contributed by atoms with Crippen molar-refractivity contribution in [3.63, 3.8) is 0 Å². The number of fused-ring (bicyclic) bond motifs is 4. The van der Waals surface area contributed by atoms with Crippen LogP contribution in [0.15, 0.2) is 30.6 Å². The maximum absolute atomic E-state index is 13.7. The molecule has 0 unspecified atom stereocenters. The van der Waals surface area contributed by atoms with Crippen molar-refractivity contribution < 1.29 is 9.18 Å². The monoisotopic (exact) mass is 424 g/mol. The SMILES string of the molecule is Cc1nc(NC(=O)N2c3nc(-c4cncc(F)c4)ccc3N3CCC[C@H]2C3)sc1C. The normalized spacial score (nSPS) is 17.6. The van der Waals surface area contributed by atoms with Crippen LogP contribution in [0.4, 0.5) is 25.8 Å². The molecule has 0 saturated carbocycles. The summed E-state index contributed by atoms with van der Waals surface area (Å²) in [6.45, 7) is 5.63. The molecule has 1 atom stereocenters. The smallest absolute Gasteiger partial charge is 0.329 e. The van der Waals surface area contributed by atoms with Crippen LogP contribution in [-0.4, -0.2) is 40.1 Å². The molecule has 2 aliphatic heterocycles. The van der Waals surface area contributed by atoms with E-state index in [2.05, 4.69) is 20.2 Å². The third kappa shape index (κ3) is 3.28. The van der Waals surface area contributed by atoms with Crippen molar-refractivity contribution in [2.75, 3.05) is 28.2 Å². The second kappa shape index (κ2) is 7.32. The number of amides is 2. The van der Waals surface area contributed by atoms with Crippen LogP contribution in [0.3, 0.4) is 0 Å². The Morgan fingerprint density at radius 1 is 1.27 bits per heavy atom. The average Bonchev–Trinajstić information content (AvgIpc) is 3.04. The van der Waals surface area contributed by atoms with E-state index in [0.717, 1.165) is 48.4 Å². The molecule has 3 aromatic heterocycles. The number of hydrogen-bond donors (Lipinski definition) is 1. The highest BCUT2D eigenvalue weighted by molar-refractivity contribution is 7.15. The van der Waals surface area contributed by atoms with Crippen molar-refractivity contribution in [1.29, 1.82) is 0 Å². The number of aromatic nitrogens is 3. The van der Waals surface area contributed by atoms with Crippen molar-refractivity contribution >= 4 is 34.0 Å². The molecule has 30 heavy (non-hydrogen) atoms. The molecule has 0 aliphatic carbocycles. The molecule has 0 radical (unpaired) electrons. The van der Waals surface area contributed by atoms with Gasteiger partial charge in [-0.15, -0.1) is 11.3 Å². The summed E-state index contributed by atoms with van der Waals surface area (Å²) < 4.78 is 13.7. The molecule has 5 rings (SSSR count). The maximum atomic E-state index is 13.7. The number of rotatable bonds is 2. The Morgan fingerprint density at radius 2 is 2.13 bits per heavy atom. The number of carbonyl (C=O) groups is 1. The van der Waals surface area contributed by atoms with Crippen LogP contribution in [-0.2, 0) is 0 Å². The zero-order valence-corrected chi connectivity index (χ0v) is 17.5. The van der Waals surface area contributed by atoms with E-state index in [4.69, 9.17) is 4.98 Å². The molecule has 1 N–H and O–H groups in total. The lowest BCUT2D eigenvalue weighted by Crippen LogP contribution is -2.56. The molecule has 0 spiro atoms. The van der Waals surface area contributed by atoms with E-state index in [1.165, 1.54) is 17.4 Å². The Bertz CT molecular complexity index is 1110. The molecule has 3 aromatic rings. The van der Waals surface area contributed by atoms with Gasteiger partial charge in [0.15, 0.2) is 10.9 Å². The number of pyridine rings is 2. The number of hydrogen-bond acceptors (Lipinski definition) is 6. The highest BCUT2D eigenvalue weighted by Crippen LogP contribution is 2.39. The molecule has 2 bridgehead atoms. The Labute approximate surface area is 177 Å². The van der Waals surface area contributed by atoms with Crippen molar-refractivity contribution in [3.8, 4) is 11.3 Å². The molecule has 154 valence electrons. The van der Waals surface area contributed by atoms with Gasteiger partial charge in [-0.1, -0.05) is 0 Å². The van der Waals surface area contributed by atoms with Gasteiger partial charge in [-0.25, -0.2) is 19.2 Å². The highest BCUT2D eigenvalue weighted by Gasteiger charge is 2.38. The summed E-state index contributed by atoms with van der Waals surface area (Å²) in [6.07, 6.45) is 4.66. The molecule has 2 aliphatic rings. The number of carbonyl (C=O) groups excluding carboxylic acids is 1. The Morgan fingerprint density at radius 3 is 2.90 bits per heavy atom. The summed E-state index contributed by atoms with van der Waals surface area (Å²) in [7, 11) is 0. The van der Waals surface area contributed by atoms with E-state index in [9.17, 15) is 9.18 Å². The van der Waals surface area contributed by atoms with Gasteiger partial charge in [0.2, 0.25) is 0 Å². The van der Waals surface area contributed by atoms with Gasteiger partial charge in [-0.2, -0.15) is 0 Å². The van der Waals surface area contributed by atoms with Gasteiger partial charge < -0.3 is 4.90 Å². The summed E-state index contributed by atoms with van der Waals surface area (Å²) >= 11 is 1.46. The van der Waals surface area contributed by atoms with Gasteiger partial charge in [0.25, 0.3) is 0 Å². The fraction of sp³-hybridized carbons (Fsp3) is 0.333. The van der Waals surface area contributed by atoms with E-state index in [0.29, 0.717) is 22.2 Å². The summed E-state index contributed by atoms with van der Waals surface area (Å²) in [4.78, 5) is 31.5. The van der Waals surface area contributed by atoms with Crippen LogP contribution in [0.1, 0.15) is 23.4 Å². The number of piperidine rings is 1. The number of nitrogens with one attached hydrogen (secondary N) is 1. The van der Waals surface area contributed by atoms with Gasteiger partial charge in [0.05, 0.1) is 29.3 Å². The van der Waals surface area contributed by atoms with E-state index in [1.807, 2.05) is 26.0 Å². The molecule has 0 aromatic carbocycles. The third-order valence-electron chi connectivity index (χ3n) is 5.65. The minimum absolute atomic E-state index is 0.0294. The lowest BCUT2D eigenvalue weighted by molar-refractivity contribution is 0.252. The number of aryl methyl sites for hydroxylation is 2. The van der Waals surface area contributed by atoms with Crippen LogP contribution in [0.25, 0.3) is 11.3 Å². The highest BCUT2D eigenvalue weighted by atomic mass is 32.1. The van der Waals surface area contributed by atoms with Crippen molar-refractivity contribution in [3.05, 3.63) is 47.0 Å². The third-order valence-corrected chi connectivity index (χ3v) is 6.64. The van der Waals surface area contributed by atoms with Gasteiger partial charge in [-0.05, 0) is 44.9 Å². The molecular formula is C21H21FN6OS. The molecular weight excluding hydrogens is 403 g/mol. The average molecular weight is 425 g/mol. The fourth-order valence-corrected chi connectivity index (χ4v) is 4.88. The summed E-state index contributed by atoms with van der Waals surface area (Å²) in [6, 6.07) is 5.01. The van der Waals surface area contributed by atoms with Crippen LogP contribution < -0.4 is 15.1 Å². The van der Waals surface area contributed by atoms with Crippen molar-refractivity contribution in [2.45, 2.75) is 32.7 Å². The molecule has 2 amide bonds. The molecule has 1 fully saturated rings. The number of halogens is 1. The predicted octanol–water partition coefficient (Wildman–Crippen LogP) is 4.38. The Kier molecular flexibility index (Phi) is 4.62. The van der Waals surface area contributed by atoms with Crippen LogP contribution in [0, 0.1) is 19.7 Å². The quantitative estimate of drug-likeness (QED) is 0.661. The van der Waals surface area contributed by atoms with E-state index >= 15 is 0 Å². The summed E-state index contributed by atoms with van der Waals surface area (Å²) in [5.41, 5.74) is 2.99. The first-order valence-electron chi connectivity index (χ1n) is 9.91. The maximum Gasteiger partial charge on any atom is 0.329 e. The van der Waals surface area contributed by atoms with Gasteiger partial charge in [0.1, 0.15) is 5.82 Å². The lowest BCUT2D eigenvalue weighted by atomic mass is 9.99. The van der Waals surface area contributed by atoms with Gasteiger partial charge >= 0.3 is 6.03 Å². The van der Waals surface area contributed by atoms with E-state index < -0.39 is 5.82 Å². The fourth-order valence-electron chi connectivity index (χ4n) is 4.07.